The van der Waals surface area contributed by atoms with Crippen LogP contribution in [0, 0.1) is 13.8 Å². The third-order valence-corrected chi connectivity index (χ3v) is 5.07. The molecule has 0 aliphatic rings. The average molecular weight is 391 g/mol. The summed E-state index contributed by atoms with van der Waals surface area (Å²) in [7, 11) is 0. The van der Waals surface area contributed by atoms with Crippen molar-refractivity contribution in [3.05, 3.63) is 51.8 Å². The Morgan fingerprint density at radius 1 is 1.31 bits per heavy atom. The molecule has 0 radical (unpaired) electrons. The quantitative estimate of drug-likeness (QED) is 0.485. The van der Waals surface area contributed by atoms with E-state index in [1.165, 1.54) is 11.8 Å². The molecule has 6 nitrogen and oxygen atoms in total. The van der Waals surface area contributed by atoms with Crippen molar-refractivity contribution in [1.29, 1.82) is 0 Å². The molecule has 0 fully saturated rings. The highest BCUT2D eigenvalue weighted by atomic mass is 35.5. The van der Waals surface area contributed by atoms with Gasteiger partial charge in [-0.25, -0.2) is 9.50 Å². The van der Waals surface area contributed by atoms with Crippen LogP contribution >= 0.6 is 23.4 Å². The molecule has 1 atom stereocenters. The summed E-state index contributed by atoms with van der Waals surface area (Å²) >= 11 is 7.62. The van der Waals surface area contributed by atoms with Crippen LogP contribution in [0.4, 0.5) is 0 Å². The Morgan fingerprint density at radius 3 is 2.73 bits per heavy atom. The Morgan fingerprint density at radius 2 is 2.04 bits per heavy atom. The Balaban J connectivity index is 1.82. The van der Waals surface area contributed by atoms with E-state index in [2.05, 4.69) is 15.1 Å². The minimum Gasteiger partial charge on any atom is -0.457 e. The van der Waals surface area contributed by atoms with Crippen LogP contribution in [-0.4, -0.2) is 31.8 Å². The molecule has 0 amide bonds. The molecule has 136 valence electrons. The molecule has 3 aromatic rings. The first kappa shape index (κ1) is 18.7. The van der Waals surface area contributed by atoms with Gasteiger partial charge in [-0.15, -0.1) is 5.10 Å². The molecule has 3 rings (SSSR count). The number of aryl methyl sites for hydroxylation is 2. The molecule has 0 bridgehead atoms. The lowest BCUT2D eigenvalue weighted by Gasteiger charge is -2.16. The van der Waals surface area contributed by atoms with E-state index in [4.69, 9.17) is 16.3 Å². The molecule has 0 N–H and O–H groups in total. The van der Waals surface area contributed by atoms with Crippen LogP contribution < -0.4 is 0 Å². The van der Waals surface area contributed by atoms with Crippen molar-refractivity contribution in [1.82, 2.24) is 19.6 Å². The first-order valence-electron chi connectivity index (χ1n) is 8.11. The monoisotopic (exact) mass is 390 g/mol. The van der Waals surface area contributed by atoms with Crippen LogP contribution in [0.3, 0.4) is 0 Å². The van der Waals surface area contributed by atoms with Crippen molar-refractivity contribution in [2.24, 2.45) is 0 Å². The fourth-order valence-electron chi connectivity index (χ4n) is 2.78. The van der Waals surface area contributed by atoms with Crippen LogP contribution in [0.5, 0.6) is 0 Å². The van der Waals surface area contributed by atoms with Gasteiger partial charge in [0.15, 0.2) is 0 Å². The fourth-order valence-corrected chi connectivity index (χ4v) is 3.41. The molecule has 0 aliphatic carbocycles. The Hall–Kier alpha value is -2.12. The first-order chi connectivity index (χ1) is 12.4. The van der Waals surface area contributed by atoms with E-state index in [9.17, 15) is 4.79 Å². The molecule has 0 aliphatic heterocycles. The van der Waals surface area contributed by atoms with E-state index in [0.717, 1.165) is 22.5 Å². The van der Waals surface area contributed by atoms with Crippen molar-refractivity contribution < 1.29 is 9.53 Å². The third-order valence-electron chi connectivity index (χ3n) is 4.18. The number of nitrogens with zero attached hydrogens (tertiary/aromatic N) is 4. The van der Waals surface area contributed by atoms with Gasteiger partial charge in [-0.2, -0.15) is 4.98 Å². The highest BCUT2D eigenvalue weighted by molar-refractivity contribution is 7.98. The number of hydrogen-bond acceptors (Lipinski definition) is 6. The molecule has 26 heavy (non-hydrogen) atoms. The van der Waals surface area contributed by atoms with E-state index in [-0.39, 0.29) is 12.4 Å². The summed E-state index contributed by atoms with van der Waals surface area (Å²) in [6.45, 7) is 5.57. The number of fused-ring (bicyclic) bond motifs is 1. The van der Waals surface area contributed by atoms with E-state index < -0.39 is 6.10 Å². The van der Waals surface area contributed by atoms with Crippen LogP contribution in [0.15, 0.2) is 29.4 Å². The topological polar surface area (TPSA) is 69.4 Å². The zero-order valence-corrected chi connectivity index (χ0v) is 16.6. The Kier molecular flexibility index (Phi) is 5.48. The first-order valence-corrected chi connectivity index (χ1v) is 9.71. The molecule has 0 saturated carbocycles. The van der Waals surface area contributed by atoms with Gasteiger partial charge in [0, 0.05) is 27.5 Å². The predicted molar refractivity (Wildman–Crippen MR) is 102 cm³/mol. The number of carbonyl (C=O) groups excluding carboxylic acids is 1. The molecule has 8 heteroatoms. The molecule has 2 aromatic heterocycles. The summed E-state index contributed by atoms with van der Waals surface area (Å²) in [4.78, 5) is 21.3. The number of aromatic nitrogens is 4. The van der Waals surface area contributed by atoms with Crippen molar-refractivity contribution in [2.45, 2.75) is 38.5 Å². The average Bonchev–Trinajstić information content (AvgIpc) is 3.02. The predicted octanol–water partition coefficient (Wildman–Crippen LogP) is 3.96. The number of benzene rings is 1. The zero-order valence-electron chi connectivity index (χ0n) is 15.0. The summed E-state index contributed by atoms with van der Waals surface area (Å²) in [5.74, 6) is 0.195. The summed E-state index contributed by atoms with van der Waals surface area (Å²) in [6, 6.07) is 7.34. The number of halogens is 1. The van der Waals surface area contributed by atoms with Gasteiger partial charge in [0.1, 0.15) is 6.10 Å². The van der Waals surface area contributed by atoms with E-state index in [1.807, 2.05) is 45.2 Å². The summed E-state index contributed by atoms with van der Waals surface area (Å²) in [5.41, 5.74) is 3.16. The lowest BCUT2D eigenvalue weighted by Crippen LogP contribution is -2.15. The van der Waals surface area contributed by atoms with Crippen LogP contribution in [-0.2, 0) is 16.0 Å². The van der Waals surface area contributed by atoms with Gasteiger partial charge < -0.3 is 4.74 Å². The van der Waals surface area contributed by atoms with Gasteiger partial charge in [-0.05, 0) is 33.1 Å². The number of rotatable bonds is 5. The van der Waals surface area contributed by atoms with Gasteiger partial charge in [-0.3, -0.25) is 4.79 Å². The second-order valence-electron chi connectivity index (χ2n) is 5.90. The molecule has 2 heterocycles. The Labute approximate surface area is 160 Å². The lowest BCUT2D eigenvalue weighted by molar-refractivity contribution is -0.147. The molecule has 0 saturated heterocycles. The highest BCUT2D eigenvalue weighted by Gasteiger charge is 2.19. The zero-order chi connectivity index (χ0) is 18.8. The fraction of sp³-hybridized carbons (Fsp3) is 0.333. The smallest absolute Gasteiger partial charge is 0.310 e. The van der Waals surface area contributed by atoms with E-state index in [0.29, 0.717) is 16.0 Å². The van der Waals surface area contributed by atoms with Crippen LogP contribution in [0.1, 0.15) is 35.5 Å². The molecule has 1 aromatic carbocycles. The molecular weight excluding hydrogens is 372 g/mol. The lowest BCUT2D eigenvalue weighted by atomic mass is 10.1. The molecular formula is C18H19ClN4O2S. The second kappa shape index (κ2) is 7.63. The maximum absolute atomic E-state index is 12.5. The van der Waals surface area contributed by atoms with Crippen LogP contribution in [0.2, 0.25) is 5.02 Å². The summed E-state index contributed by atoms with van der Waals surface area (Å²) in [5, 5.41) is 5.62. The third kappa shape index (κ3) is 3.68. The van der Waals surface area contributed by atoms with Gasteiger partial charge in [0.25, 0.3) is 5.78 Å². The van der Waals surface area contributed by atoms with E-state index >= 15 is 0 Å². The van der Waals surface area contributed by atoms with Crippen LogP contribution in [0.25, 0.3) is 5.78 Å². The number of carbonyl (C=O) groups is 1. The SMILES string of the molecule is CSc1nc2nc(C)c(CC(=O)OC(C)c3ccccc3Cl)c(C)n2n1. The Bertz CT molecular complexity index is 973. The minimum absolute atomic E-state index is 0.115. The van der Waals surface area contributed by atoms with E-state index in [1.54, 1.807) is 10.6 Å². The van der Waals surface area contributed by atoms with Gasteiger partial charge in [0.05, 0.1) is 6.42 Å². The summed E-state index contributed by atoms with van der Waals surface area (Å²) in [6.07, 6.45) is 1.60. The minimum atomic E-state index is -0.428. The number of thioether (sulfide) groups is 1. The summed E-state index contributed by atoms with van der Waals surface area (Å²) < 4.78 is 7.23. The largest absolute Gasteiger partial charge is 0.457 e. The normalized spacial score (nSPS) is 12.3. The molecule has 1 unspecified atom stereocenters. The number of esters is 1. The van der Waals surface area contributed by atoms with Crippen molar-refractivity contribution >= 4 is 35.1 Å². The standard InChI is InChI=1S/C18H19ClN4O2S/c1-10-14(11(2)23-17(20-10)21-18(22-23)26-4)9-16(24)25-12(3)13-7-5-6-8-15(13)19/h5-8,12H,9H2,1-4H3. The highest BCUT2D eigenvalue weighted by Crippen LogP contribution is 2.26. The van der Waals surface area contributed by atoms with Gasteiger partial charge in [0.2, 0.25) is 5.16 Å². The maximum atomic E-state index is 12.5. The maximum Gasteiger partial charge on any atom is 0.310 e. The molecule has 0 spiro atoms. The number of ether oxygens (including phenoxy) is 1. The second-order valence-corrected chi connectivity index (χ2v) is 7.08. The number of hydrogen-bond donors (Lipinski definition) is 0. The van der Waals surface area contributed by atoms with Gasteiger partial charge >= 0.3 is 5.97 Å². The van der Waals surface area contributed by atoms with Crippen molar-refractivity contribution in [2.75, 3.05) is 6.26 Å². The van der Waals surface area contributed by atoms with Crippen molar-refractivity contribution in [3.8, 4) is 0 Å². The van der Waals surface area contributed by atoms with Crippen molar-refractivity contribution in [3.63, 3.8) is 0 Å². The van der Waals surface area contributed by atoms with Gasteiger partial charge in [-0.1, -0.05) is 41.6 Å².